The van der Waals surface area contributed by atoms with E-state index in [9.17, 15) is 4.79 Å². The van der Waals surface area contributed by atoms with Crippen LogP contribution in [0.2, 0.25) is 5.02 Å². The van der Waals surface area contributed by atoms with Crippen LogP contribution in [0.5, 0.6) is 0 Å². The van der Waals surface area contributed by atoms with Gasteiger partial charge in [0.1, 0.15) is 0 Å². The molecule has 1 aliphatic heterocycles. The van der Waals surface area contributed by atoms with Crippen LogP contribution in [-0.2, 0) is 11.4 Å². The lowest BCUT2D eigenvalue weighted by molar-refractivity contribution is -0.0956. The van der Waals surface area contributed by atoms with Crippen molar-refractivity contribution in [3.05, 3.63) is 28.3 Å². The van der Waals surface area contributed by atoms with Crippen LogP contribution in [-0.4, -0.2) is 18.1 Å². The van der Waals surface area contributed by atoms with Crippen molar-refractivity contribution >= 4 is 23.2 Å². The molecule has 4 nitrogen and oxygen atoms in total. The van der Waals surface area contributed by atoms with Crippen molar-refractivity contribution in [2.75, 3.05) is 12.8 Å². The molecule has 0 aliphatic carbocycles. The van der Waals surface area contributed by atoms with Gasteiger partial charge in [0.2, 0.25) is 0 Å². The maximum atomic E-state index is 11.7. The van der Waals surface area contributed by atoms with E-state index in [0.29, 0.717) is 22.8 Å². The van der Waals surface area contributed by atoms with Crippen molar-refractivity contribution in [2.24, 2.45) is 0 Å². The molecule has 0 spiro atoms. The Morgan fingerprint density at radius 1 is 1.57 bits per heavy atom. The van der Waals surface area contributed by atoms with E-state index in [1.165, 1.54) is 12.2 Å². The van der Waals surface area contributed by atoms with Crippen molar-refractivity contribution in [1.29, 1.82) is 0 Å². The average molecular weight is 213 g/mol. The largest absolute Gasteiger partial charge is 0.398 e. The minimum Gasteiger partial charge on any atom is -0.398 e. The number of nitrogens with zero attached hydrogens (tertiary/aromatic N) is 1. The quantitative estimate of drug-likeness (QED) is 0.717. The number of carbonyl (C=O) groups excluding carboxylic acids is 1. The number of amides is 1. The second-order valence-corrected chi connectivity index (χ2v) is 3.42. The zero-order chi connectivity index (χ0) is 10.3. The van der Waals surface area contributed by atoms with Crippen LogP contribution in [0.4, 0.5) is 5.69 Å². The number of fused-ring (bicyclic) bond motifs is 1. The van der Waals surface area contributed by atoms with Gasteiger partial charge in [0.05, 0.1) is 19.2 Å². The van der Waals surface area contributed by atoms with Gasteiger partial charge in [-0.2, -0.15) is 0 Å². The van der Waals surface area contributed by atoms with Crippen LogP contribution in [0.3, 0.4) is 0 Å². The van der Waals surface area contributed by atoms with Crippen molar-refractivity contribution in [1.82, 2.24) is 5.06 Å². The Kier molecular flexibility index (Phi) is 2.09. The molecule has 0 saturated heterocycles. The van der Waals surface area contributed by atoms with Gasteiger partial charge >= 0.3 is 0 Å². The van der Waals surface area contributed by atoms with E-state index in [-0.39, 0.29) is 5.91 Å². The van der Waals surface area contributed by atoms with E-state index in [1.54, 1.807) is 12.1 Å². The highest BCUT2D eigenvalue weighted by Crippen LogP contribution is 2.32. The number of anilines is 1. The van der Waals surface area contributed by atoms with E-state index < -0.39 is 0 Å². The Bertz CT molecular complexity index is 406. The van der Waals surface area contributed by atoms with Crippen LogP contribution < -0.4 is 5.73 Å². The summed E-state index contributed by atoms with van der Waals surface area (Å²) < 4.78 is 0. The molecule has 1 aromatic carbocycles. The van der Waals surface area contributed by atoms with Crippen molar-refractivity contribution < 1.29 is 9.63 Å². The summed E-state index contributed by atoms with van der Waals surface area (Å²) in [5, 5.41) is 1.77. The molecule has 1 amide bonds. The van der Waals surface area contributed by atoms with Gasteiger partial charge in [0.25, 0.3) is 5.91 Å². The van der Waals surface area contributed by atoms with E-state index in [4.69, 9.17) is 22.2 Å². The molecule has 0 saturated carbocycles. The summed E-state index contributed by atoms with van der Waals surface area (Å²) in [6.45, 7) is 0.356. The number of benzene rings is 1. The Morgan fingerprint density at radius 2 is 2.29 bits per heavy atom. The summed E-state index contributed by atoms with van der Waals surface area (Å²) in [6.07, 6.45) is 0. The van der Waals surface area contributed by atoms with Crippen LogP contribution >= 0.6 is 11.6 Å². The van der Waals surface area contributed by atoms with Gasteiger partial charge in [-0.15, -0.1) is 0 Å². The molecule has 0 fully saturated rings. The predicted octanol–water partition coefficient (Wildman–Crippen LogP) is 1.44. The van der Waals surface area contributed by atoms with Crippen molar-refractivity contribution in [2.45, 2.75) is 6.54 Å². The first-order valence-corrected chi connectivity index (χ1v) is 4.45. The minimum atomic E-state index is -0.234. The molecule has 74 valence electrons. The van der Waals surface area contributed by atoms with E-state index >= 15 is 0 Å². The molecule has 1 aliphatic rings. The van der Waals surface area contributed by atoms with Crippen molar-refractivity contribution in [3.63, 3.8) is 0 Å². The summed E-state index contributed by atoms with van der Waals surface area (Å²) in [7, 11) is 1.44. The van der Waals surface area contributed by atoms with Gasteiger partial charge < -0.3 is 5.73 Å². The second-order valence-electron chi connectivity index (χ2n) is 3.01. The van der Waals surface area contributed by atoms with Gasteiger partial charge in [-0.05, 0) is 12.1 Å². The third kappa shape index (κ3) is 1.15. The fourth-order valence-electron chi connectivity index (χ4n) is 1.54. The molecule has 1 heterocycles. The lowest BCUT2D eigenvalue weighted by Gasteiger charge is -2.10. The number of halogens is 1. The summed E-state index contributed by atoms with van der Waals surface area (Å²) in [5.41, 5.74) is 7.32. The summed E-state index contributed by atoms with van der Waals surface area (Å²) >= 11 is 5.94. The average Bonchev–Trinajstić information content (AvgIpc) is 2.51. The van der Waals surface area contributed by atoms with Crippen LogP contribution in [0.25, 0.3) is 0 Å². The van der Waals surface area contributed by atoms with E-state index in [2.05, 4.69) is 0 Å². The maximum Gasteiger partial charge on any atom is 0.280 e. The fraction of sp³-hybridized carbons (Fsp3) is 0.222. The number of hydrogen-bond acceptors (Lipinski definition) is 3. The normalized spacial score (nSPS) is 14.7. The Labute approximate surface area is 86.2 Å². The SMILES string of the molecule is CON1Cc2c(Cl)ccc(N)c2C1=O. The summed E-state index contributed by atoms with van der Waals surface area (Å²) in [6, 6.07) is 3.31. The Balaban J connectivity index is 2.58. The third-order valence-corrected chi connectivity index (χ3v) is 2.60. The van der Waals surface area contributed by atoms with Crippen LogP contribution in [0, 0.1) is 0 Å². The molecule has 0 radical (unpaired) electrons. The molecule has 0 unspecified atom stereocenters. The van der Waals surface area contributed by atoms with E-state index in [0.717, 1.165) is 5.56 Å². The molecule has 1 aromatic rings. The lowest BCUT2D eigenvalue weighted by atomic mass is 10.1. The first kappa shape index (κ1) is 9.30. The standard InChI is InChI=1S/C9H9ClN2O2/c1-14-12-4-5-6(10)2-3-7(11)8(5)9(12)13/h2-3H,4,11H2,1H3. The third-order valence-electron chi connectivity index (χ3n) is 2.25. The van der Waals surface area contributed by atoms with Gasteiger partial charge in [-0.25, -0.2) is 5.06 Å². The van der Waals surface area contributed by atoms with Crippen molar-refractivity contribution in [3.8, 4) is 0 Å². The highest BCUT2D eigenvalue weighted by atomic mass is 35.5. The smallest absolute Gasteiger partial charge is 0.280 e. The zero-order valence-corrected chi connectivity index (χ0v) is 8.34. The number of nitrogens with two attached hydrogens (primary N) is 1. The lowest BCUT2D eigenvalue weighted by Crippen LogP contribution is -2.22. The number of nitrogen functional groups attached to an aromatic ring is 1. The molecular formula is C9H9ClN2O2. The molecule has 2 rings (SSSR count). The monoisotopic (exact) mass is 212 g/mol. The van der Waals surface area contributed by atoms with Crippen LogP contribution in [0.1, 0.15) is 15.9 Å². The summed E-state index contributed by atoms with van der Waals surface area (Å²) in [4.78, 5) is 16.5. The second kappa shape index (κ2) is 3.15. The predicted molar refractivity (Wildman–Crippen MR) is 52.7 cm³/mol. The number of carbonyl (C=O) groups is 1. The van der Waals surface area contributed by atoms with Crippen LogP contribution in [0.15, 0.2) is 12.1 Å². The van der Waals surface area contributed by atoms with Gasteiger partial charge in [-0.3, -0.25) is 9.63 Å². The molecule has 2 N–H and O–H groups in total. The van der Waals surface area contributed by atoms with E-state index in [1.807, 2.05) is 0 Å². The molecule has 0 aromatic heterocycles. The fourth-order valence-corrected chi connectivity index (χ4v) is 1.75. The van der Waals surface area contributed by atoms with Gasteiger partial charge in [0, 0.05) is 16.3 Å². The van der Waals surface area contributed by atoms with Gasteiger partial charge in [0.15, 0.2) is 0 Å². The first-order chi connectivity index (χ1) is 6.65. The molecule has 0 atom stereocenters. The number of hydroxylamine groups is 2. The Morgan fingerprint density at radius 3 is 2.86 bits per heavy atom. The first-order valence-electron chi connectivity index (χ1n) is 4.08. The Hall–Kier alpha value is -1.26. The number of hydrogen-bond donors (Lipinski definition) is 1. The highest BCUT2D eigenvalue weighted by molar-refractivity contribution is 6.32. The number of rotatable bonds is 1. The summed E-state index contributed by atoms with van der Waals surface area (Å²) in [5.74, 6) is -0.234. The van der Waals surface area contributed by atoms with Gasteiger partial charge in [-0.1, -0.05) is 11.6 Å². The highest BCUT2D eigenvalue weighted by Gasteiger charge is 2.31. The maximum absolute atomic E-state index is 11.7. The molecule has 5 heteroatoms. The molecule has 0 bridgehead atoms. The zero-order valence-electron chi connectivity index (χ0n) is 7.58. The molecular weight excluding hydrogens is 204 g/mol. The topological polar surface area (TPSA) is 55.6 Å². The minimum absolute atomic E-state index is 0.234. The molecule has 14 heavy (non-hydrogen) atoms.